The van der Waals surface area contributed by atoms with Gasteiger partial charge in [-0.1, -0.05) is 13.3 Å². The predicted octanol–water partition coefficient (Wildman–Crippen LogP) is 4.24. The second-order valence-electron chi connectivity index (χ2n) is 5.06. The summed E-state index contributed by atoms with van der Waals surface area (Å²) in [6.45, 7) is 2.10. The van der Waals surface area contributed by atoms with Crippen LogP contribution in [-0.2, 0) is 4.74 Å². The Hall–Kier alpha value is -1.03. The van der Waals surface area contributed by atoms with E-state index in [2.05, 4.69) is 19.6 Å². The standard InChI is InChI=1S/C15H19FO2S/c1-2-10-5-3-4-6-14(10)18-15(17)12-9-11(19)7-8-13(12)16/h7-10,14,19H,2-6H2,1H3. The fraction of sp³-hybridized carbons (Fsp3) is 0.533. The summed E-state index contributed by atoms with van der Waals surface area (Å²) >= 11 is 4.12. The van der Waals surface area contributed by atoms with E-state index in [1.54, 1.807) is 0 Å². The molecule has 0 spiro atoms. The lowest BCUT2D eigenvalue weighted by Gasteiger charge is -2.30. The molecule has 1 aliphatic carbocycles. The van der Waals surface area contributed by atoms with Crippen LogP contribution in [0.5, 0.6) is 0 Å². The van der Waals surface area contributed by atoms with E-state index >= 15 is 0 Å². The molecular weight excluding hydrogens is 263 g/mol. The van der Waals surface area contributed by atoms with Crippen molar-refractivity contribution >= 4 is 18.6 Å². The highest BCUT2D eigenvalue weighted by Gasteiger charge is 2.28. The largest absolute Gasteiger partial charge is 0.458 e. The van der Waals surface area contributed by atoms with E-state index in [0.717, 1.165) is 25.7 Å². The van der Waals surface area contributed by atoms with Gasteiger partial charge in [0.05, 0.1) is 5.56 Å². The van der Waals surface area contributed by atoms with Crippen molar-refractivity contribution in [3.05, 3.63) is 29.6 Å². The van der Waals surface area contributed by atoms with E-state index in [4.69, 9.17) is 4.74 Å². The Bertz CT molecular complexity index is 461. The molecule has 1 aromatic carbocycles. The molecule has 0 bridgehead atoms. The van der Waals surface area contributed by atoms with Gasteiger partial charge in [0.2, 0.25) is 0 Å². The van der Waals surface area contributed by atoms with E-state index < -0.39 is 11.8 Å². The van der Waals surface area contributed by atoms with Gasteiger partial charge in [0, 0.05) is 4.90 Å². The molecule has 0 saturated heterocycles. The summed E-state index contributed by atoms with van der Waals surface area (Å²) in [5, 5.41) is 0. The molecule has 0 radical (unpaired) electrons. The highest BCUT2D eigenvalue weighted by Crippen LogP contribution is 2.30. The third-order valence-electron chi connectivity index (χ3n) is 3.79. The lowest BCUT2D eigenvalue weighted by atomic mass is 9.85. The summed E-state index contributed by atoms with van der Waals surface area (Å²) < 4.78 is 19.1. The lowest BCUT2D eigenvalue weighted by Crippen LogP contribution is -2.30. The predicted molar refractivity (Wildman–Crippen MR) is 75.1 cm³/mol. The van der Waals surface area contributed by atoms with E-state index in [1.807, 2.05) is 0 Å². The number of esters is 1. The smallest absolute Gasteiger partial charge is 0.341 e. The van der Waals surface area contributed by atoms with E-state index in [0.29, 0.717) is 10.8 Å². The van der Waals surface area contributed by atoms with Crippen molar-refractivity contribution in [2.45, 2.75) is 50.0 Å². The van der Waals surface area contributed by atoms with Crippen LogP contribution in [0.25, 0.3) is 0 Å². The molecule has 2 nitrogen and oxygen atoms in total. The zero-order chi connectivity index (χ0) is 13.8. The number of rotatable bonds is 3. The topological polar surface area (TPSA) is 26.3 Å². The first-order valence-corrected chi connectivity index (χ1v) is 7.26. The lowest BCUT2D eigenvalue weighted by molar-refractivity contribution is 0.000250. The Morgan fingerprint density at radius 1 is 1.42 bits per heavy atom. The van der Waals surface area contributed by atoms with Crippen molar-refractivity contribution in [2.24, 2.45) is 5.92 Å². The van der Waals surface area contributed by atoms with Crippen molar-refractivity contribution in [3.8, 4) is 0 Å². The molecule has 2 unspecified atom stereocenters. The van der Waals surface area contributed by atoms with Crippen molar-refractivity contribution in [2.75, 3.05) is 0 Å². The van der Waals surface area contributed by atoms with Crippen molar-refractivity contribution in [1.82, 2.24) is 0 Å². The average molecular weight is 282 g/mol. The Morgan fingerprint density at radius 2 is 2.16 bits per heavy atom. The van der Waals surface area contributed by atoms with Crippen molar-refractivity contribution < 1.29 is 13.9 Å². The minimum absolute atomic E-state index is 0.0204. The van der Waals surface area contributed by atoms with E-state index in [1.165, 1.54) is 24.6 Å². The summed E-state index contributed by atoms with van der Waals surface area (Å²) in [7, 11) is 0. The first-order chi connectivity index (χ1) is 9.11. The van der Waals surface area contributed by atoms with Crippen LogP contribution >= 0.6 is 12.6 Å². The van der Waals surface area contributed by atoms with Gasteiger partial charge in [-0.15, -0.1) is 12.6 Å². The number of benzene rings is 1. The molecule has 0 heterocycles. The molecular formula is C15H19FO2S. The van der Waals surface area contributed by atoms with Crippen LogP contribution in [0.1, 0.15) is 49.4 Å². The van der Waals surface area contributed by atoms with Gasteiger partial charge in [0.1, 0.15) is 11.9 Å². The van der Waals surface area contributed by atoms with E-state index in [9.17, 15) is 9.18 Å². The monoisotopic (exact) mass is 282 g/mol. The highest BCUT2D eigenvalue weighted by atomic mass is 32.1. The molecule has 1 aliphatic rings. The molecule has 0 aromatic heterocycles. The maximum atomic E-state index is 13.6. The normalized spacial score (nSPS) is 23.1. The van der Waals surface area contributed by atoms with Crippen molar-refractivity contribution in [3.63, 3.8) is 0 Å². The molecule has 1 aromatic rings. The molecule has 0 amide bonds. The number of hydrogen-bond donors (Lipinski definition) is 1. The zero-order valence-electron chi connectivity index (χ0n) is 11.1. The Morgan fingerprint density at radius 3 is 2.89 bits per heavy atom. The molecule has 2 rings (SSSR count). The van der Waals surface area contributed by atoms with Crippen LogP contribution in [0, 0.1) is 11.7 Å². The van der Waals surface area contributed by atoms with Gasteiger partial charge in [-0.2, -0.15) is 0 Å². The summed E-state index contributed by atoms with van der Waals surface area (Å²) in [5.41, 5.74) is -0.0204. The number of hydrogen-bond acceptors (Lipinski definition) is 3. The Balaban J connectivity index is 2.09. The second kappa shape index (κ2) is 6.42. The molecule has 104 valence electrons. The maximum Gasteiger partial charge on any atom is 0.341 e. The van der Waals surface area contributed by atoms with Crippen molar-refractivity contribution in [1.29, 1.82) is 0 Å². The van der Waals surface area contributed by atoms with Crippen LogP contribution in [0.2, 0.25) is 0 Å². The maximum absolute atomic E-state index is 13.6. The molecule has 0 aliphatic heterocycles. The van der Waals surface area contributed by atoms with Crippen LogP contribution in [0.4, 0.5) is 4.39 Å². The summed E-state index contributed by atoms with van der Waals surface area (Å²) in [6, 6.07) is 4.19. The van der Waals surface area contributed by atoms with Gasteiger partial charge < -0.3 is 4.74 Å². The first-order valence-electron chi connectivity index (χ1n) is 6.81. The fourth-order valence-electron chi connectivity index (χ4n) is 2.67. The second-order valence-corrected chi connectivity index (χ2v) is 5.58. The third kappa shape index (κ3) is 3.50. The number of thiol groups is 1. The van der Waals surface area contributed by atoms with Crippen LogP contribution in [0.15, 0.2) is 23.1 Å². The zero-order valence-corrected chi connectivity index (χ0v) is 12.0. The third-order valence-corrected chi connectivity index (χ3v) is 4.07. The molecule has 0 N–H and O–H groups in total. The Kier molecular flexibility index (Phi) is 4.86. The molecule has 2 atom stereocenters. The number of halogens is 1. The SMILES string of the molecule is CCC1CCCCC1OC(=O)c1cc(S)ccc1F. The first kappa shape index (κ1) is 14.4. The number of carbonyl (C=O) groups is 1. The van der Waals surface area contributed by atoms with Crippen LogP contribution in [0.3, 0.4) is 0 Å². The molecule has 4 heteroatoms. The summed E-state index contributed by atoms with van der Waals surface area (Å²) in [5.74, 6) is -0.717. The highest BCUT2D eigenvalue weighted by molar-refractivity contribution is 7.80. The quantitative estimate of drug-likeness (QED) is 0.663. The van der Waals surface area contributed by atoms with Gasteiger partial charge in [-0.05, 0) is 49.8 Å². The number of ether oxygens (including phenoxy) is 1. The Labute approximate surface area is 118 Å². The minimum Gasteiger partial charge on any atom is -0.458 e. The minimum atomic E-state index is -0.571. The van der Waals surface area contributed by atoms with E-state index in [-0.39, 0.29) is 11.7 Å². The van der Waals surface area contributed by atoms with Crippen LogP contribution < -0.4 is 0 Å². The average Bonchev–Trinajstić information content (AvgIpc) is 2.42. The van der Waals surface area contributed by atoms with Gasteiger partial charge in [-0.25, -0.2) is 9.18 Å². The van der Waals surface area contributed by atoms with Crippen LogP contribution in [-0.4, -0.2) is 12.1 Å². The number of carbonyl (C=O) groups excluding carboxylic acids is 1. The van der Waals surface area contributed by atoms with Gasteiger partial charge in [-0.3, -0.25) is 0 Å². The fourth-order valence-corrected chi connectivity index (χ4v) is 2.87. The summed E-state index contributed by atoms with van der Waals surface area (Å²) in [4.78, 5) is 12.6. The summed E-state index contributed by atoms with van der Waals surface area (Å²) in [6.07, 6.45) is 5.15. The molecule has 19 heavy (non-hydrogen) atoms. The van der Waals surface area contributed by atoms with Gasteiger partial charge in [0.15, 0.2) is 0 Å². The molecule has 1 fully saturated rings. The molecule has 1 saturated carbocycles. The van der Waals surface area contributed by atoms with Gasteiger partial charge >= 0.3 is 5.97 Å². The van der Waals surface area contributed by atoms with Gasteiger partial charge in [0.25, 0.3) is 0 Å².